The van der Waals surface area contributed by atoms with E-state index in [4.69, 9.17) is 0 Å². The highest BCUT2D eigenvalue weighted by Gasteiger charge is 2.24. The molecule has 1 aliphatic carbocycles. The number of aliphatic hydroxyl groups is 1. The van der Waals surface area contributed by atoms with E-state index in [2.05, 4.69) is 43.7 Å². The lowest BCUT2D eigenvalue weighted by Gasteiger charge is -2.35. The summed E-state index contributed by atoms with van der Waals surface area (Å²) >= 11 is 6.76. The van der Waals surface area contributed by atoms with Gasteiger partial charge < -0.3 is 10.2 Å². The molecule has 2 rings (SSSR count). The van der Waals surface area contributed by atoms with Crippen molar-refractivity contribution in [3.05, 3.63) is 26.6 Å². The minimum Gasteiger partial charge on any atom is -0.506 e. The molecule has 0 radical (unpaired) electrons. The maximum atomic E-state index is 9.76. The van der Waals surface area contributed by atoms with Gasteiger partial charge in [-0.05, 0) is 81.8 Å². The Morgan fingerprint density at radius 2 is 1.70 bits per heavy atom. The molecule has 0 unspecified atom stereocenters. The fraction of sp³-hybridized carbons (Fsp3) is 0.600. The van der Waals surface area contributed by atoms with E-state index in [0.717, 1.165) is 47.7 Å². The largest absolute Gasteiger partial charge is 0.506 e. The summed E-state index contributed by atoms with van der Waals surface area (Å²) in [4.78, 5) is 2.46. The summed E-state index contributed by atoms with van der Waals surface area (Å²) in [6.07, 6.45) is 3.83. The number of aliphatic hydroxyl groups excluding tert-OH is 1. The maximum Gasteiger partial charge on any atom is 0.143 e. The molecule has 1 aromatic carbocycles. The first-order valence-corrected chi connectivity index (χ1v) is 8.68. The highest BCUT2D eigenvalue weighted by Crippen LogP contribution is 2.34. The van der Waals surface area contributed by atoms with Crippen LogP contribution in [0.3, 0.4) is 0 Å². The van der Waals surface area contributed by atoms with Gasteiger partial charge in [-0.1, -0.05) is 6.92 Å². The second-order valence-corrected chi connectivity index (χ2v) is 7.14. The lowest BCUT2D eigenvalue weighted by molar-refractivity contribution is 0.0727. The Hall–Kier alpha value is -0.100. The molecule has 0 heterocycles. The molecule has 3 nitrogen and oxygen atoms in total. The molecular formula is C15H21Br2NO2. The number of aromatic hydroxyl groups is 1. The van der Waals surface area contributed by atoms with Crippen molar-refractivity contribution >= 4 is 31.9 Å². The predicted octanol–water partition coefficient (Wildman–Crippen LogP) is 4.04. The van der Waals surface area contributed by atoms with Gasteiger partial charge in [-0.2, -0.15) is 0 Å². The van der Waals surface area contributed by atoms with Crippen molar-refractivity contribution in [2.45, 2.75) is 51.3 Å². The Balaban J connectivity index is 2.06. The summed E-state index contributed by atoms with van der Waals surface area (Å²) in [5.41, 5.74) is 1.18. The van der Waals surface area contributed by atoms with E-state index < -0.39 is 0 Å². The molecule has 1 fully saturated rings. The van der Waals surface area contributed by atoms with Crippen LogP contribution in [0.1, 0.15) is 38.2 Å². The number of rotatable bonds is 4. The number of hydrogen-bond donors (Lipinski definition) is 2. The summed E-state index contributed by atoms with van der Waals surface area (Å²) in [5.74, 6) is 0.248. The van der Waals surface area contributed by atoms with Crippen LogP contribution in [-0.4, -0.2) is 33.8 Å². The molecule has 5 heteroatoms. The lowest BCUT2D eigenvalue weighted by atomic mass is 9.91. The summed E-state index contributed by atoms with van der Waals surface area (Å²) in [7, 11) is 0. The van der Waals surface area contributed by atoms with Crippen LogP contribution in [0.4, 0.5) is 0 Å². The first kappa shape index (κ1) is 16.3. The van der Waals surface area contributed by atoms with Gasteiger partial charge in [0.25, 0.3) is 0 Å². The molecule has 0 amide bonds. The van der Waals surface area contributed by atoms with Gasteiger partial charge in [0.2, 0.25) is 0 Å². The van der Waals surface area contributed by atoms with Gasteiger partial charge in [-0.15, -0.1) is 0 Å². The summed E-state index contributed by atoms with van der Waals surface area (Å²) < 4.78 is 1.44. The van der Waals surface area contributed by atoms with Crippen LogP contribution in [0.25, 0.3) is 0 Å². The molecule has 0 aromatic heterocycles. The van der Waals surface area contributed by atoms with Crippen molar-refractivity contribution in [2.75, 3.05) is 6.54 Å². The first-order valence-electron chi connectivity index (χ1n) is 7.10. The third-order valence-corrected chi connectivity index (χ3v) is 5.26. The minimum atomic E-state index is -0.109. The van der Waals surface area contributed by atoms with Crippen molar-refractivity contribution in [1.29, 1.82) is 0 Å². The number of halogens is 2. The fourth-order valence-electron chi connectivity index (χ4n) is 2.87. The molecule has 0 bridgehead atoms. The topological polar surface area (TPSA) is 43.7 Å². The first-order chi connectivity index (χ1) is 9.51. The number of phenols is 1. The second-order valence-electron chi connectivity index (χ2n) is 5.43. The van der Waals surface area contributed by atoms with Crippen molar-refractivity contribution < 1.29 is 10.2 Å². The van der Waals surface area contributed by atoms with E-state index in [9.17, 15) is 10.2 Å². The third-order valence-electron chi connectivity index (χ3n) is 4.05. The van der Waals surface area contributed by atoms with E-state index in [1.54, 1.807) is 0 Å². The Kier molecular flexibility index (Phi) is 5.90. The average molecular weight is 407 g/mol. The molecule has 2 N–H and O–H groups in total. The normalized spacial score (nSPS) is 23.2. The quantitative estimate of drug-likeness (QED) is 0.792. The summed E-state index contributed by atoms with van der Waals surface area (Å²) in [6, 6.07) is 4.50. The molecule has 1 aromatic rings. The number of phenolic OH excluding ortho intramolecular Hbond substituents is 1. The zero-order valence-electron chi connectivity index (χ0n) is 11.6. The van der Waals surface area contributed by atoms with Gasteiger partial charge in [-0.25, -0.2) is 0 Å². The van der Waals surface area contributed by atoms with Gasteiger partial charge in [0, 0.05) is 12.6 Å². The van der Waals surface area contributed by atoms with Crippen LogP contribution in [0.15, 0.2) is 21.1 Å². The monoisotopic (exact) mass is 405 g/mol. The zero-order valence-corrected chi connectivity index (χ0v) is 14.8. The minimum absolute atomic E-state index is 0.109. The Labute approximate surface area is 137 Å². The van der Waals surface area contributed by atoms with Gasteiger partial charge in [-0.3, -0.25) is 4.90 Å². The Bertz CT molecular complexity index is 436. The molecule has 0 aliphatic heterocycles. The SMILES string of the molecule is CCN(Cc1cc(Br)c(O)c(Br)c1)C1CCC(O)CC1. The zero-order chi connectivity index (χ0) is 14.7. The fourth-order valence-corrected chi connectivity index (χ4v) is 4.15. The van der Waals surface area contributed by atoms with Crippen molar-refractivity contribution in [1.82, 2.24) is 4.90 Å². The third kappa shape index (κ3) is 3.97. The number of nitrogens with zero attached hydrogens (tertiary/aromatic N) is 1. The van der Waals surface area contributed by atoms with E-state index in [1.165, 1.54) is 5.56 Å². The standard InChI is InChI=1S/C15H21Br2NO2/c1-2-18(11-3-5-12(19)6-4-11)9-10-7-13(16)15(20)14(17)8-10/h7-8,11-12,19-20H,2-6,9H2,1H3. The lowest BCUT2D eigenvalue weighted by Crippen LogP contribution is -2.38. The van der Waals surface area contributed by atoms with Crippen molar-refractivity contribution in [2.24, 2.45) is 0 Å². The molecule has 0 spiro atoms. The van der Waals surface area contributed by atoms with Crippen LogP contribution in [0.2, 0.25) is 0 Å². The van der Waals surface area contributed by atoms with Crippen LogP contribution >= 0.6 is 31.9 Å². The molecule has 0 atom stereocenters. The summed E-state index contributed by atoms with van der Waals surface area (Å²) in [5, 5.41) is 19.4. The van der Waals surface area contributed by atoms with E-state index in [0.29, 0.717) is 6.04 Å². The van der Waals surface area contributed by atoms with E-state index >= 15 is 0 Å². The molecule has 0 saturated heterocycles. The van der Waals surface area contributed by atoms with Gasteiger partial charge in [0.05, 0.1) is 15.0 Å². The van der Waals surface area contributed by atoms with Crippen LogP contribution in [-0.2, 0) is 6.54 Å². The second kappa shape index (κ2) is 7.25. The predicted molar refractivity (Wildman–Crippen MR) is 87.9 cm³/mol. The molecule has 1 aliphatic rings. The Morgan fingerprint density at radius 1 is 1.15 bits per heavy atom. The van der Waals surface area contributed by atoms with E-state index in [1.807, 2.05) is 12.1 Å². The molecule has 1 saturated carbocycles. The van der Waals surface area contributed by atoms with Crippen LogP contribution < -0.4 is 0 Å². The maximum absolute atomic E-state index is 9.76. The summed E-state index contributed by atoms with van der Waals surface area (Å²) in [6.45, 7) is 4.04. The molecular weight excluding hydrogens is 386 g/mol. The average Bonchev–Trinajstić information content (AvgIpc) is 2.43. The van der Waals surface area contributed by atoms with Gasteiger partial charge >= 0.3 is 0 Å². The van der Waals surface area contributed by atoms with Crippen LogP contribution in [0, 0.1) is 0 Å². The van der Waals surface area contributed by atoms with E-state index in [-0.39, 0.29) is 11.9 Å². The number of hydrogen-bond acceptors (Lipinski definition) is 3. The van der Waals surface area contributed by atoms with Crippen LogP contribution in [0.5, 0.6) is 5.75 Å². The highest BCUT2D eigenvalue weighted by atomic mass is 79.9. The van der Waals surface area contributed by atoms with Gasteiger partial charge in [0.1, 0.15) is 5.75 Å². The number of benzene rings is 1. The van der Waals surface area contributed by atoms with Crippen molar-refractivity contribution in [3.63, 3.8) is 0 Å². The van der Waals surface area contributed by atoms with Gasteiger partial charge in [0.15, 0.2) is 0 Å². The smallest absolute Gasteiger partial charge is 0.143 e. The van der Waals surface area contributed by atoms with Crippen molar-refractivity contribution in [3.8, 4) is 5.75 Å². The Morgan fingerprint density at radius 3 is 2.20 bits per heavy atom. The highest BCUT2D eigenvalue weighted by molar-refractivity contribution is 9.11. The molecule has 20 heavy (non-hydrogen) atoms. The molecule has 112 valence electrons.